The first-order valence-corrected chi connectivity index (χ1v) is 8.02. The quantitative estimate of drug-likeness (QED) is 0.888. The van der Waals surface area contributed by atoms with Gasteiger partial charge in [-0.1, -0.05) is 6.07 Å². The highest BCUT2D eigenvalue weighted by molar-refractivity contribution is 5.92. The van der Waals surface area contributed by atoms with Gasteiger partial charge in [0.05, 0.1) is 0 Å². The molecule has 0 aromatic carbocycles. The highest BCUT2D eigenvalue weighted by Gasteiger charge is 2.32. The number of nitrogens with one attached hydrogen (secondary N) is 2. The molecule has 0 spiro atoms. The summed E-state index contributed by atoms with van der Waals surface area (Å²) in [5, 5.41) is 6.30. The standard InChI is InChI=1S/C16H24N4O/c1-2-17-15-7-3-6-14(19-15)16(21)18-12-8-10-20-9-4-5-13(20)11-12/h3,6-7,12-13H,2,4-5,8-11H2,1H3,(H,17,19)(H,18,21). The Hall–Kier alpha value is -1.62. The van der Waals surface area contributed by atoms with Crippen LogP contribution in [0.1, 0.15) is 43.1 Å². The van der Waals surface area contributed by atoms with Crippen LogP contribution in [0.4, 0.5) is 5.82 Å². The summed E-state index contributed by atoms with van der Waals surface area (Å²) in [6.45, 7) is 5.17. The Labute approximate surface area is 126 Å². The average Bonchev–Trinajstić information content (AvgIpc) is 2.95. The molecule has 1 aromatic heterocycles. The van der Waals surface area contributed by atoms with E-state index in [2.05, 4.69) is 20.5 Å². The number of hydrogen-bond acceptors (Lipinski definition) is 4. The number of carbonyl (C=O) groups excluding carboxylic acids is 1. The predicted octanol–water partition coefficient (Wildman–Crippen LogP) is 1.87. The fourth-order valence-electron chi connectivity index (χ4n) is 3.46. The number of aromatic nitrogens is 1. The maximum Gasteiger partial charge on any atom is 0.270 e. The van der Waals surface area contributed by atoms with Crippen LogP contribution in [0.3, 0.4) is 0 Å². The maximum atomic E-state index is 12.3. The van der Waals surface area contributed by atoms with Crippen LogP contribution in [0.5, 0.6) is 0 Å². The van der Waals surface area contributed by atoms with Crippen molar-refractivity contribution in [3.8, 4) is 0 Å². The lowest BCUT2D eigenvalue weighted by atomic mass is 9.97. The van der Waals surface area contributed by atoms with E-state index in [1.54, 1.807) is 6.07 Å². The molecule has 1 amide bonds. The number of anilines is 1. The summed E-state index contributed by atoms with van der Waals surface area (Å²) >= 11 is 0. The van der Waals surface area contributed by atoms with Crippen LogP contribution in [-0.2, 0) is 0 Å². The fourth-order valence-corrected chi connectivity index (χ4v) is 3.46. The van der Waals surface area contributed by atoms with E-state index < -0.39 is 0 Å². The Bertz CT molecular complexity index is 505. The van der Waals surface area contributed by atoms with Crippen LogP contribution in [-0.4, -0.2) is 47.5 Å². The summed E-state index contributed by atoms with van der Waals surface area (Å²) in [6, 6.07) is 6.50. The van der Waals surface area contributed by atoms with Crippen LogP contribution in [0.25, 0.3) is 0 Å². The fraction of sp³-hybridized carbons (Fsp3) is 0.625. The van der Waals surface area contributed by atoms with Gasteiger partial charge in [0, 0.05) is 25.2 Å². The van der Waals surface area contributed by atoms with E-state index in [1.165, 1.54) is 19.4 Å². The molecule has 0 aliphatic carbocycles. The van der Waals surface area contributed by atoms with Gasteiger partial charge in [-0.25, -0.2) is 4.98 Å². The van der Waals surface area contributed by atoms with Crippen molar-refractivity contribution in [3.63, 3.8) is 0 Å². The number of pyridine rings is 1. The number of piperidine rings is 1. The van der Waals surface area contributed by atoms with Crippen molar-refractivity contribution in [3.05, 3.63) is 23.9 Å². The van der Waals surface area contributed by atoms with Crippen LogP contribution >= 0.6 is 0 Å². The Morgan fingerprint density at radius 3 is 3.14 bits per heavy atom. The topological polar surface area (TPSA) is 57.3 Å². The first kappa shape index (κ1) is 14.3. The Morgan fingerprint density at radius 2 is 2.29 bits per heavy atom. The highest BCUT2D eigenvalue weighted by atomic mass is 16.1. The third-order valence-corrected chi connectivity index (χ3v) is 4.50. The summed E-state index contributed by atoms with van der Waals surface area (Å²) < 4.78 is 0. The Balaban J connectivity index is 1.59. The molecule has 114 valence electrons. The second-order valence-corrected chi connectivity index (χ2v) is 5.97. The van der Waals surface area contributed by atoms with Crippen molar-refractivity contribution < 1.29 is 4.79 Å². The van der Waals surface area contributed by atoms with Gasteiger partial charge < -0.3 is 15.5 Å². The van der Waals surface area contributed by atoms with Crippen molar-refractivity contribution in [2.75, 3.05) is 25.0 Å². The number of fused-ring (bicyclic) bond motifs is 1. The zero-order chi connectivity index (χ0) is 14.7. The zero-order valence-corrected chi connectivity index (χ0v) is 12.6. The van der Waals surface area contributed by atoms with E-state index in [9.17, 15) is 4.79 Å². The van der Waals surface area contributed by atoms with Crippen LogP contribution in [0, 0.1) is 0 Å². The zero-order valence-electron chi connectivity index (χ0n) is 12.6. The van der Waals surface area contributed by atoms with E-state index >= 15 is 0 Å². The van der Waals surface area contributed by atoms with Gasteiger partial charge in [-0.2, -0.15) is 0 Å². The van der Waals surface area contributed by atoms with Crippen LogP contribution < -0.4 is 10.6 Å². The SMILES string of the molecule is CCNc1cccc(C(=O)NC2CCN3CCCC3C2)n1. The number of nitrogens with zero attached hydrogens (tertiary/aromatic N) is 2. The van der Waals surface area contributed by atoms with Gasteiger partial charge in [-0.3, -0.25) is 4.79 Å². The summed E-state index contributed by atoms with van der Waals surface area (Å²) in [4.78, 5) is 19.3. The minimum atomic E-state index is -0.0498. The lowest BCUT2D eigenvalue weighted by Gasteiger charge is -2.35. The van der Waals surface area contributed by atoms with Crippen molar-refractivity contribution in [1.82, 2.24) is 15.2 Å². The third kappa shape index (κ3) is 3.35. The van der Waals surface area contributed by atoms with E-state index in [0.29, 0.717) is 17.8 Å². The first-order chi connectivity index (χ1) is 10.3. The molecule has 3 rings (SSSR count). The van der Waals surface area contributed by atoms with Gasteiger partial charge in [-0.15, -0.1) is 0 Å². The van der Waals surface area contributed by atoms with Gasteiger partial charge in [-0.05, 0) is 51.3 Å². The molecular formula is C16H24N4O. The molecule has 2 N–H and O–H groups in total. The molecular weight excluding hydrogens is 264 g/mol. The molecule has 2 unspecified atom stereocenters. The number of amides is 1. The molecule has 0 radical (unpaired) electrons. The number of hydrogen-bond donors (Lipinski definition) is 2. The molecule has 0 bridgehead atoms. The predicted molar refractivity (Wildman–Crippen MR) is 83.5 cm³/mol. The minimum Gasteiger partial charge on any atom is -0.370 e. The number of carbonyl (C=O) groups is 1. The van der Waals surface area contributed by atoms with Crippen molar-refractivity contribution >= 4 is 11.7 Å². The first-order valence-electron chi connectivity index (χ1n) is 8.02. The van der Waals surface area contributed by atoms with Crippen molar-refractivity contribution in [2.45, 2.75) is 44.7 Å². The minimum absolute atomic E-state index is 0.0498. The summed E-state index contributed by atoms with van der Waals surface area (Å²) in [6.07, 6.45) is 4.71. The van der Waals surface area contributed by atoms with E-state index in [-0.39, 0.29) is 5.91 Å². The van der Waals surface area contributed by atoms with Crippen LogP contribution in [0.15, 0.2) is 18.2 Å². The smallest absolute Gasteiger partial charge is 0.270 e. The number of rotatable bonds is 4. The molecule has 1 aromatic rings. The van der Waals surface area contributed by atoms with E-state index in [1.807, 2.05) is 19.1 Å². The normalized spacial score (nSPS) is 25.4. The molecule has 0 saturated carbocycles. The lowest BCUT2D eigenvalue weighted by Crippen LogP contribution is -2.47. The summed E-state index contributed by atoms with van der Waals surface area (Å²) in [7, 11) is 0. The van der Waals surface area contributed by atoms with Gasteiger partial charge in [0.1, 0.15) is 11.5 Å². The second kappa shape index (κ2) is 6.43. The molecule has 3 heterocycles. The largest absolute Gasteiger partial charge is 0.370 e. The van der Waals surface area contributed by atoms with E-state index in [4.69, 9.17) is 0 Å². The molecule has 2 fully saturated rings. The summed E-state index contributed by atoms with van der Waals surface area (Å²) in [5.74, 6) is 0.710. The van der Waals surface area contributed by atoms with Crippen LogP contribution in [0.2, 0.25) is 0 Å². The molecule has 21 heavy (non-hydrogen) atoms. The molecule has 5 heteroatoms. The van der Waals surface area contributed by atoms with Gasteiger partial charge in [0.15, 0.2) is 0 Å². The van der Waals surface area contributed by atoms with Gasteiger partial charge in [0.25, 0.3) is 5.91 Å². The maximum absolute atomic E-state index is 12.3. The molecule has 2 saturated heterocycles. The molecule has 2 aliphatic rings. The molecule has 2 atom stereocenters. The van der Waals surface area contributed by atoms with Gasteiger partial charge in [0.2, 0.25) is 0 Å². The average molecular weight is 288 g/mol. The Kier molecular flexibility index (Phi) is 4.39. The van der Waals surface area contributed by atoms with Crippen molar-refractivity contribution in [2.24, 2.45) is 0 Å². The second-order valence-electron chi connectivity index (χ2n) is 5.97. The lowest BCUT2D eigenvalue weighted by molar-refractivity contribution is 0.0891. The van der Waals surface area contributed by atoms with E-state index in [0.717, 1.165) is 31.7 Å². The Morgan fingerprint density at radius 1 is 1.38 bits per heavy atom. The highest BCUT2D eigenvalue weighted by Crippen LogP contribution is 2.26. The van der Waals surface area contributed by atoms with Gasteiger partial charge >= 0.3 is 0 Å². The third-order valence-electron chi connectivity index (χ3n) is 4.50. The molecule has 5 nitrogen and oxygen atoms in total. The molecule has 2 aliphatic heterocycles. The summed E-state index contributed by atoms with van der Waals surface area (Å²) in [5.41, 5.74) is 0.502. The monoisotopic (exact) mass is 288 g/mol. The van der Waals surface area contributed by atoms with Crippen molar-refractivity contribution in [1.29, 1.82) is 0 Å².